The zero-order chi connectivity index (χ0) is 13.2. The van der Waals surface area contributed by atoms with Crippen molar-refractivity contribution in [3.8, 4) is 0 Å². The molecule has 0 aliphatic heterocycles. The molecule has 5 nitrogen and oxygen atoms in total. The third-order valence-electron chi connectivity index (χ3n) is 3.30. The van der Waals surface area contributed by atoms with Crippen LogP contribution in [0.15, 0.2) is 28.7 Å². The predicted molar refractivity (Wildman–Crippen MR) is 72.9 cm³/mol. The van der Waals surface area contributed by atoms with Crippen molar-refractivity contribution in [1.82, 2.24) is 15.1 Å². The van der Waals surface area contributed by atoms with Crippen LogP contribution in [0.1, 0.15) is 17.0 Å². The summed E-state index contributed by atoms with van der Waals surface area (Å²) in [5, 5.41) is 11.4. The molecule has 0 amide bonds. The summed E-state index contributed by atoms with van der Waals surface area (Å²) in [6.45, 7) is 0.666. The average Bonchev–Trinajstić information content (AvgIpc) is 2.94. The van der Waals surface area contributed by atoms with Gasteiger partial charge in [0.1, 0.15) is 0 Å². The summed E-state index contributed by atoms with van der Waals surface area (Å²) in [7, 11) is 3.95. The molecule has 0 saturated heterocycles. The fraction of sp³-hybridized carbons (Fsp3) is 0.429. The highest BCUT2D eigenvalue weighted by molar-refractivity contribution is 5.37. The van der Waals surface area contributed by atoms with E-state index in [0.717, 1.165) is 12.8 Å². The first-order chi connectivity index (χ1) is 9.20. The van der Waals surface area contributed by atoms with Crippen molar-refractivity contribution in [1.29, 1.82) is 0 Å². The highest BCUT2D eigenvalue weighted by Gasteiger charge is 2.22. The number of nitrogens with one attached hydrogen (secondary N) is 1. The highest BCUT2D eigenvalue weighted by Crippen LogP contribution is 2.24. The fourth-order valence-electron chi connectivity index (χ4n) is 2.48. The van der Waals surface area contributed by atoms with E-state index in [0.29, 0.717) is 24.5 Å². The molecule has 100 valence electrons. The number of anilines is 1. The van der Waals surface area contributed by atoms with E-state index in [1.54, 1.807) is 0 Å². The van der Waals surface area contributed by atoms with Gasteiger partial charge >= 0.3 is 6.01 Å². The quantitative estimate of drug-likeness (QED) is 0.904. The van der Waals surface area contributed by atoms with Crippen LogP contribution in [0.4, 0.5) is 6.01 Å². The topological polar surface area (TPSA) is 54.2 Å². The molecule has 1 aliphatic carbocycles. The smallest absolute Gasteiger partial charge is 0.315 e. The first-order valence-corrected chi connectivity index (χ1v) is 6.51. The molecule has 0 bridgehead atoms. The van der Waals surface area contributed by atoms with Crippen LogP contribution in [0.25, 0.3) is 0 Å². The summed E-state index contributed by atoms with van der Waals surface area (Å²) in [6.07, 6.45) is 2.03. The van der Waals surface area contributed by atoms with Crippen LogP contribution in [0.2, 0.25) is 0 Å². The van der Waals surface area contributed by atoms with Crippen molar-refractivity contribution >= 4 is 6.01 Å². The number of hydrogen-bond donors (Lipinski definition) is 1. The summed E-state index contributed by atoms with van der Waals surface area (Å²) in [5.41, 5.74) is 2.82. The van der Waals surface area contributed by atoms with Gasteiger partial charge in [-0.3, -0.25) is 0 Å². The molecule has 0 radical (unpaired) electrons. The molecule has 1 aromatic carbocycles. The standard InChI is InChI=1S/C14H18N4O/c1-18(2)9-13-16-17-14(19-13)15-12-7-10-5-3-4-6-11(10)8-12/h3-6,12H,7-9H2,1-2H3,(H,15,17). The normalized spacial score (nSPS) is 14.9. The molecule has 19 heavy (non-hydrogen) atoms. The van der Waals surface area contributed by atoms with Gasteiger partial charge in [0.25, 0.3) is 0 Å². The van der Waals surface area contributed by atoms with Crippen molar-refractivity contribution < 1.29 is 4.42 Å². The minimum Gasteiger partial charge on any atom is -0.407 e. The van der Waals surface area contributed by atoms with Gasteiger partial charge in [0.15, 0.2) is 0 Å². The molecule has 1 aromatic heterocycles. The maximum absolute atomic E-state index is 5.58. The fourth-order valence-corrected chi connectivity index (χ4v) is 2.48. The van der Waals surface area contributed by atoms with E-state index in [9.17, 15) is 0 Å². The Morgan fingerprint density at radius 1 is 1.21 bits per heavy atom. The van der Waals surface area contributed by atoms with E-state index in [2.05, 4.69) is 39.8 Å². The van der Waals surface area contributed by atoms with E-state index < -0.39 is 0 Å². The Bertz CT molecular complexity index is 539. The maximum atomic E-state index is 5.58. The van der Waals surface area contributed by atoms with E-state index in [4.69, 9.17) is 4.42 Å². The summed E-state index contributed by atoms with van der Waals surface area (Å²) in [5.74, 6) is 0.642. The van der Waals surface area contributed by atoms with Gasteiger partial charge in [0.05, 0.1) is 6.54 Å². The molecule has 5 heteroatoms. The van der Waals surface area contributed by atoms with Crippen molar-refractivity contribution in [2.45, 2.75) is 25.4 Å². The van der Waals surface area contributed by atoms with Crippen molar-refractivity contribution in [3.05, 3.63) is 41.3 Å². The Hall–Kier alpha value is -1.88. The molecule has 2 aromatic rings. The van der Waals surface area contributed by atoms with Crippen LogP contribution >= 0.6 is 0 Å². The lowest BCUT2D eigenvalue weighted by atomic mass is 10.1. The van der Waals surface area contributed by atoms with E-state index >= 15 is 0 Å². The Balaban J connectivity index is 1.63. The van der Waals surface area contributed by atoms with Crippen LogP contribution < -0.4 is 5.32 Å². The summed E-state index contributed by atoms with van der Waals surface area (Å²) in [4.78, 5) is 2.00. The second-order valence-electron chi connectivity index (χ2n) is 5.26. The lowest BCUT2D eigenvalue weighted by Crippen LogP contribution is -2.19. The minimum atomic E-state index is 0.352. The molecular weight excluding hydrogens is 240 g/mol. The van der Waals surface area contributed by atoms with Crippen LogP contribution in [-0.4, -0.2) is 35.2 Å². The van der Waals surface area contributed by atoms with Crippen molar-refractivity contribution in [2.24, 2.45) is 0 Å². The molecule has 0 fully saturated rings. The molecule has 0 spiro atoms. The van der Waals surface area contributed by atoms with Crippen LogP contribution in [0.5, 0.6) is 0 Å². The maximum Gasteiger partial charge on any atom is 0.315 e. The van der Waals surface area contributed by atoms with E-state index in [1.165, 1.54) is 11.1 Å². The molecule has 1 N–H and O–H groups in total. The molecule has 0 atom stereocenters. The molecule has 1 heterocycles. The third-order valence-corrected chi connectivity index (χ3v) is 3.30. The van der Waals surface area contributed by atoms with Gasteiger partial charge < -0.3 is 14.6 Å². The molecule has 3 rings (SSSR count). The molecule has 0 saturated carbocycles. The Morgan fingerprint density at radius 3 is 2.53 bits per heavy atom. The monoisotopic (exact) mass is 258 g/mol. The molecular formula is C14H18N4O. The summed E-state index contributed by atoms with van der Waals surface area (Å²) >= 11 is 0. The number of fused-ring (bicyclic) bond motifs is 1. The first-order valence-electron chi connectivity index (χ1n) is 6.51. The third kappa shape index (κ3) is 2.76. The van der Waals surface area contributed by atoms with Gasteiger partial charge in [0.2, 0.25) is 5.89 Å². The lowest BCUT2D eigenvalue weighted by Gasteiger charge is -2.08. The van der Waals surface area contributed by atoms with Crippen LogP contribution in [0, 0.1) is 0 Å². The average molecular weight is 258 g/mol. The van der Waals surface area contributed by atoms with Gasteiger partial charge in [-0.1, -0.05) is 29.4 Å². The first kappa shape index (κ1) is 12.2. The van der Waals surface area contributed by atoms with Gasteiger partial charge in [-0.2, -0.15) is 0 Å². The second-order valence-corrected chi connectivity index (χ2v) is 5.26. The van der Waals surface area contributed by atoms with Crippen LogP contribution in [0.3, 0.4) is 0 Å². The van der Waals surface area contributed by atoms with Gasteiger partial charge in [-0.05, 0) is 38.1 Å². The Labute approximate surface area is 112 Å². The number of nitrogens with zero attached hydrogens (tertiary/aromatic N) is 3. The molecule has 0 unspecified atom stereocenters. The predicted octanol–water partition coefficient (Wildman–Crippen LogP) is 1.71. The van der Waals surface area contributed by atoms with E-state index in [1.807, 2.05) is 19.0 Å². The highest BCUT2D eigenvalue weighted by atomic mass is 16.4. The number of rotatable bonds is 4. The number of hydrogen-bond acceptors (Lipinski definition) is 5. The number of benzene rings is 1. The number of aromatic nitrogens is 2. The van der Waals surface area contributed by atoms with Crippen LogP contribution in [-0.2, 0) is 19.4 Å². The SMILES string of the molecule is CN(C)Cc1nnc(NC2Cc3ccccc3C2)o1. The molecule has 1 aliphatic rings. The summed E-state index contributed by atoms with van der Waals surface area (Å²) in [6, 6.07) is 9.41. The Kier molecular flexibility index (Phi) is 3.21. The Morgan fingerprint density at radius 2 is 1.89 bits per heavy atom. The van der Waals surface area contributed by atoms with E-state index in [-0.39, 0.29) is 0 Å². The minimum absolute atomic E-state index is 0.352. The zero-order valence-electron chi connectivity index (χ0n) is 11.3. The summed E-state index contributed by atoms with van der Waals surface area (Å²) < 4.78 is 5.58. The van der Waals surface area contributed by atoms with Crippen molar-refractivity contribution in [3.63, 3.8) is 0 Å². The lowest BCUT2D eigenvalue weighted by molar-refractivity contribution is 0.343. The second kappa shape index (κ2) is 5.01. The van der Waals surface area contributed by atoms with Gasteiger partial charge in [0, 0.05) is 6.04 Å². The largest absolute Gasteiger partial charge is 0.407 e. The zero-order valence-corrected chi connectivity index (χ0v) is 11.3. The van der Waals surface area contributed by atoms with Gasteiger partial charge in [-0.25, -0.2) is 0 Å². The van der Waals surface area contributed by atoms with Crippen molar-refractivity contribution in [2.75, 3.05) is 19.4 Å². The van der Waals surface area contributed by atoms with Gasteiger partial charge in [-0.15, -0.1) is 5.10 Å².